The van der Waals surface area contributed by atoms with E-state index in [0.29, 0.717) is 0 Å². The zero-order valence-electron chi connectivity index (χ0n) is 12.7. The molecule has 112 valence electrons. The van der Waals surface area contributed by atoms with Gasteiger partial charge in [-0.05, 0) is 38.0 Å². The molecular formula is C16H26N2OS. The molecule has 0 radical (unpaired) electrons. The molecule has 0 saturated heterocycles. The van der Waals surface area contributed by atoms with Crippen molar-refractivity contribution in [2.45, 2.75) is 56.2 Å². The van der Waals surface area contributed by atoms with Gasteiger partial charge in [0.25, 0.3) is 0 Å². The molecule has 1 aromatic carbocycles. The molecule has 1 amide bonds. The highest BCUT2D eigenvalue weighted by Crippen LogP contribution is 2.24. The summed E-state index contributed by atoms with van der Waals surface area (Å²) in [5.74, 6) is 0.113. The molecule has 0 heterocycles. The van der Waals surface area contributed by atoms with Crippen molar-refractivity contribution in [1.29, 1.82) is 0 Å². The first-order valence-corrected chi connectivity index (χ1v) is 8.22. The lowest BCUT2D eigenvalue weighted by Gasteiger charge is -2.12. The number of hydrogen-bond acceptors (Lipinski definition) is 3. The first kappa shape index (κ1) is 17.1. The molecule has 3 N–H and O–H groups in total. The van der Waals surface area contributed by atoms with E-state index in [2.05, 4.69) is 12.2 Å². The molecule has 0 aliphatic rings. The van der Waals surface area contributed by atoms with Crippen molar-refractivity contribution < 1.29 is 4.79 Å². The lowest BCUT2D eigenvalue weighted by atomic mass is 10.1. The van der Waals surface area contributed by atoms with Gasteiger partial charge in [-0.3, -0.25) is 4.79 Å². The van der Waals surface area contributed by atoms with E-state index in [9.17, 15) is 4.79 Å². The van der Waals surface area contributed by atoms with Crippen LogP contribution in [0.15, 0.2) is 29.2 Å². The van der Waals surface area contributed by atoms with E-state index in [4.69, 9.17) is 5.73 Å². The van der Waals surface area contributed by atoms with Gasteiger partial charge in [-0.1, -0.05) is 31.9 Å². The van der Waals surface area contributed by atoms with E-state index in [-0.39, 0.29) is 17.2 Å². The summed E-state index contributed by atoms with van der Waals surface area (Å²) in [6.07, 6.45) is 3.40. The topological polar surface area (TPSA) is 55.1 Å². The van der Waals surface area contributed by atoms with Crippen molar-refractivity contribution in [1.82, 2.24) is 5.32 Å². The quantitative estimate of drug-likeness (QED) is 0.570. The summed E-state index contributed by atoms with van der Waals surface area (Å²) in [6, 6.07) is 8.17. The van der Waals surface area contributed by atoms with Crippen LogP contribution >= 0.6 is 11.8 Å². The summed E-state index contributed by atoms with van der Waals surface area (Å²) in [5.41, 5.74) is 6.94. The van der Waals surface area contributed by atoms with Gasteiger partial charge in [0.15, 0.2) is 0 Å². The third-order valence-corrected chi connectivity index (χ3v) is 4.28. The van der Waals surface area contributed by atoms with Crippen LogP contribution in [0.4, 0.5) is 0 Å². The summed E-state index contributed by atoms with van der Waals surface area (Å²) in [4.78, 5) is 13.0. The Morgan fingerprint density at radius 3 is 2.45 bits per heavy atom. The average molecular weight is 294 g/mol. The second kappa shape index (κ2) is 9.03. The highest BCUT2D eigenvalue weighted by Gasteiger charge is 2.13. The van der Waals surface area contributed by atoms with Crippen molar-refractivity contribution in [3.05, 3.63) is 29.8 Å². The van der Waals surface area contributed by atoms with Crippen LogP contribution in [0, 0.1) is 0 Å². The van der Waals surface area contributed by atoms with E-state index in [1.807, 2.05) is 38.1 Å². The lowest BCUT2D eigenvalue weighted by molar-refractivity contribution is -0.120. The van der Waals surface area contributed by atoms with E-state index in [1.165, 1.54) is 12.8 Å². The predicted molar refractivity (Wildman–Crippen MR) is 86.9 cm³/mol. The van der Waals surface area contributed by atoms with E-state index < -0.39 is 0 Å². The molecule has 0 fully saturated rings. The number of carbonyl (C=O) groups is 1. The van der Waals surface area contributed by atoms with Crippen LogP contribution in [0.3, 0.4) is 0 Å². The zero-order chi connectivity index (χ0) is 15.0. The highest BCUT2D eigenvalue weighted by atomic mass is 32.2. The minimum Gasteiger partial charge on any atom is -0.355 e. The molecule has 0 bridgehead atoms. The maximum Gasteiger partial charge on any atom is 0.233 e. The van der Waals surface area contributed by atoms with Gasteiger partial charge >= 0.3 is 0 Å². The monoisotopic (exact) mass is 294 g/mol. The fourth-order valence-electron chi connectivity index (χ4n) is 1.84. The lowest BCUT2D eigenvalue weighted by Crippen LogP contribution is -2.31. The Hall–Kier alpha value is -1.00. The number of nitrogens with two attached hydrogens (primary N) is 1. The molecule has 0 aliphatic carbocycles. The minimum absolute atomic E-state index is 0.0494. The van der Waals surface area contributed by atoms with Gasteiger partial charge < -0.3 is 11.1 Å². The summed E-state index contributed by atoms with van der Waals surface area (Å²) >= 11 is 1.58. The van der Waals surface area contributed by atoms with Crippen molar-refractivity contribution in [3.8, 4) is 0 Å². The van der Waals surface area contributed by atoms with Gasteiger partial charge in [0.1, 0.15) is 0 Å². The average Bonchev–Trinajstić information content (AvgIpc) is 2.44. The van der Waals surface area contributed by atoms with Gasteiger partial charge in [0, 0.05) is 17.5 Å². The summed E-state index contributed by atoms with van der Waals surface area (Å²) in [7, 11) is 0. The maximum absolute atomic E-state index is 11.9. The molecule has 1 rings (SSSR count). The smallest absolute Gasteiger partial charge is 0.233 e. The van der Waals surface area contributed by atoms with Gasteiger partial charge in [-0.15, -0.1) is 11.8 Å². The maximum atomic E-state index is 11.9. The number of nitrogens with one attached hydrogen (secondary N) is 1. The standard InChI is InChI=1S/C16H26N2OS/c1-4-5-6-11-18-16(19)13(3)20-15-9-7-14(8-10-15)12(2)17/h7-10,12-13H,4-6,11,17H2,1-3H3,(H,18,19). The number of thioether (sulfide) groups is 1. The Labute approximate surface area is 126 Å². The second-order valence-corrected chi connectivity index (χ2v) is 6.53. The van der Waals surface area contributed by atoms with Crippen LogP contribution in [0.1, 0.15) is 51.6 Å². The second-order valence-electron chi connectivity index (χ2n) is 5.12. The molecule has 20 heavy (non-hydrogen) atoms. The van der Waals surface area contributed by atoms with Crippen molar-refractivity contribution in [3.63, 3.8) is 0 Å². The Morgan fingerprint density at radius 1 is 1.25 bits per heavy atom. The fraction of sp³-hybridized carbons (Fsp3) is 0.562. The van der Waals surface area contributed by atoms with Gasteiger partial charge in [-0.2, -0.15) is 0 Å². The molecule has 2 unspecified atom stereocenters. The number of hydrogen-bond donors (Lipinski definition) is 2. The molecule has 0 saturated carbocycles. The Morgan fingerprint density at radius 2 is 1.90 bits per heavy atom. The van der Waals surface area contributed by atoms with Crippen molar-refractivity contribution in [2.75, 3.05) is 6.54 Å². The predicted octanol–water partition coefficient (Wildman–Crippen LogP) is 3.49. The van der Waals surface area contributed by atoms with Crippen LogP contribution in [0.25, 0.3) is 0 Å². The number of rotatable bonds is 8. The van der Waals surface area contributed by atoms with E-state index in [0.717, 1.165) is 23.4 Å². The van der Waals surface area contributed by atoms with E-state index >= 15 is 0 Å². The summed E-state index contributed by atoms with van der Waals surface area (Å²) in [5, 5.41) is 2.92. The van der Waals surface area contributed by atoms with Crippen LogP contribution in [-0.2, 0) is 4.79 Å². The number of carbonyl (C=O) groups excluding carboxylic acids is 1. The number of unbranched alkanes of at least 4 members (excludes halogenated alkanes) is 2. The third-order valence-electron chi connectivity index (χ3n) is 3.17. The Balaban J connectivity index is 2.40. The molecule has 0 aliphatic heterocycles. The zero-order valence-corrected chi connectivity index (χ0v) is 13.5. The first-order valence-electron chi connectivity index (χ1n) is 7.34. The van der Waals surface area contributed by atoms with Crippen LogP contribution in [0.2, 0.25) is 0 Å². The minimum atomic E-state index is -0.0715. The fourth-order valence-corrected chi connectivity index (χ4v) is 2.73. The molecule has 3 nitrogen and oxygen atoms in total. The Kier molecular flexibility index (Phi) is 7.70. The molecule has 0 spiro atoms. The SMILES string of the molecule is CCCCCNC(=O)C(C)Sc1ccc(C(C)N)cc1. The van der Waals surface area contributed by atoms with Crippen molar-refractivity contribution >= 4 is 17.7 Å². The third kappa shape index (κ3) is 5.97. The van der Waals surface area contributed by atoms with Crippen LogP contribution < -0.4 is 11.1 Å². The molecule has 4 heteroatoms. The molecule has 1 aromatic rings. The first-order chi connectivity index (χ1) is 9.54. The summed E-state index contributed by atoms with van der Waals surface area (Å²) < 4.78 is 0. The Bertz CT molecular complexity index is 403. The van der Waals surface area contributed by atoms with Gasteiger partial charge in [0.05, 0.1) is 5.25 Å². The summed E-state index contributed by atoms with van der Waals surface area (Å²) in [6.45, 7) is 6.85. The molecular weight excluding hydrogens is 268 g/mol. The van der Waals surface area contributed by atoms with Crippen LogP contribution in [0.5, 0.6) is 0 Å². The normalized spacial score (nSPS) is 13.8. The highest BCUT2D eigenvalue weighted by molar-refractivity contribution is 8.00. The van der Waals surface area contributed by atoms with Gasteiger partial charge in [0.2, 0.25) is 5.91 Å². The van der Waals surface area contributed by atoms with E-state index in [1.54, 1.807) is 11.8 Å². The van der Waals surface area contributed by atoms with Gasteiger partial charge in [-0.25, -0.2) is 0 Å². The largest absolute Gasteiger partial charge is 0.355 e. The van der Waals surface area contributed by atoms with Crippen molar-refractivity contribution in [2.24, 2.45) is 5.73 Å². The molecule has 2 atom stereocenters. The molecule has 0 aromatic heterocycles. The number of amides is 1. The van der Waals surface area contributed by atoms with Crippen LogP contribution in [-0.4, -0.2) is 17.7 Å². The number of benzene rings is 1.